The Morgan fingerprint density at radius 2 is 1.04 bits per heavy atom. The second-order valence-corrected chi connectivity index (χ2v) is 8.05. The van der Waals surface area contributed by atoms with E-state index in [9.17, 15) is 26.3 Å². The molecule has 0 spiro atoms. The van der Waals surface area contributed by atoms with Gasteiger partial charge < -0.3 is 0 Å². The lowest BCUT2D eigenvalue weighted by Crippen LogP contribution is -2.41. The summed E-state index contributed by atoms with van der Waals surface area (Å²) >= 11 is 0. The molecule has 3 rings (SSSR count). The van der Waals surface area contributed by atoms with Gasteiger partial charge in [-0.3, -0.25) is 9.80 Å². The van der Waals surface area contributed by atoms with Crippen LogP contribution in [0.2, 0.25) is 0 Å². The molecule has 2 fully saturated rings. The van der Waals surface area contributed by atoms with E-state index >= 15 is 0 Å². The van der Waals surface area contributed by atoms with E-state index in [-0.39, 0.29) is 25.9 Å². The number of hydrogen-bond acceptors (Lipinski definition) is 2. The first-order chi connectivity index (χ1) is 13.1. The van der Waals surface area contributed by atoms with Gasteiger partial charge in [0.2, 0.25) is 0 Å². The fourth-order valence-corrected chi connectivity index (χ4v) is 4.20. The summed E-state index contributed by atoms with van der Waals surface area (Å²) in [5, 5.41) is 0. The van der Waals surface area contributed by atoms with Crippen LogP contribution >= 0.6 is 0 Å². The molecule has 0 bridgehead atoms. The number of hydrogen-bond donors (Lipinski definition) is 0. The molecule has 2 saturated heterocycles. The van der Waals surface area contributed by atoms with Crippen LogP contribution < -0.4 is 0 Å². The maximum absolute atomic E-state index is 12.9. The van der Waals surface area contributed by atoms with Crippen molar-refractivity contribution >= 4 is 0 Å². The lowest BCUT2D eigenvalue weighted by Gasteiger charge is -2.34. The van der Waals surface area contributed by atoms with Crippen molar-refractivity contribution in [3.63, 3.8) is 0 Å². The fourth-order valence-electron chi connectivity index (χ4n) is 4.20. The maximum atomic E-state index is 12.9. The number of alkyl halides is 6. The lowest BCUT2D eigenvalue weighted by molar-refractivity contribution is -0.187. The van der Waals surface area contributed by atoms with E-state index in [1.807, 2.05) is 34.1 Å². The van der Waals surface area contributed by atoms with Crippen molar-refractivity contribution in [1.29, 1.82) is 0 Å². The van der Waals surface area contributed by atoms with Crippen LogP contribution in [0.1, 0.15) is 36.8 Å². The van der Waals surface area contributed by atoms with Crippen LogP contribution in [0.4, 0.5) is 26.3 Å². The average Bonchev–Trinajstić information content (AvgIpc) is 2.62. The first-order valence-corrected chi connectivity index (χ1v) is 9.77. The molecule has 2 aliphatic heterocycles. The lowest BCUT2D eigenvalue weighted by atomic mass is 9.96. The molecule has 0 amide bonds. The van der Waals surface area contributed by atoms with Gasteiger partial charge in [0.25, 0.3) is 0 Å². The molecule has 28 heavy (non-hydrogen) atoms. The standard InChI is InChI=1S/C20H26F6N2/c21-19(22,23)17-3-1-9-27(13-17)11-15-5-7-16(8-6-15)12-28-10-2-4-18(14-28)20(24,25)26/h5-8,17-18H,1-4,9-14H2/t17-,18-/m1/s1. The SMILES string of the molecule is FC(F)(F)[C@@H]1CCCN(Cc2ccc(CN3CCC[C@@H](C(F)(F)F)C3)cc2)C1. The van der Waals surface area contributed by atoms with Crippen LogP contribution in [0.25, 0.3) is 0 Å². The number of nitrogens with zero attached hydrogens (tertiary/aromatic N) is 2. The summed E-state index contributed by atoms with van der Waals surface area (Å²) < 4.78 is 77.6. The minimum Gasteiger partial charge on any atom is -0.298 e. The van der Waals surface area contributed by atoms with Gasteiger partial charge in [-0.1, -0.05) is 24.3 Å². The van der Waals surface area contributed by atoms with Crippen molar-refractivity contribution < 1.29 is 26.3 Å². The molecule has 8 heteroatoms. The van der Waals surface area contributed by atoms with Crippen molar-refractivity contribution in [2.24, 2.45) is 11.8 Å². The summed E-state index contributed by atoms with van der Waals surface area (Å²) in [6, 6.07) is 7.49. The van der Waals surface area contributed by atoms with Crippen LogP contribution in [0.5, 0.6) is 0 Å². The van der Waals surface area contributed by atoms with Crippen LogP contribution in [0.3, 0.4) is 0 Å². The Morgan fingerprint density at radius 1 is 0.679 bits per heavy atom. The molecule has 0 radical (unpaired) electrons. The summed E-state index contributed by atoms with van der Waals surface area (Å²) in [7, 11) is 0. The molecule has 2 nitrogen and oxygen atoms in total. The number of rotatable bonds is 4. The second kappa shape index (κ2) is 8.61. The third-order valence-corrected chi connectivity index (χ3v) is 5.77. The molecule has 158 valence electrons. The van der Waals surface area contributed by atoms with Crippen LogP contribution in [0, 0.1) is 11.8 Å². The normalized spacial score (nSPS) is 25.8. The average molecular weight is 408 g/mol. The summed E-state index contributed by atoms with van der Waals surface area (Å²) in [6.07, 6.45) is -6.84. The Kier molecular flexibility index (Phi) is 6.59. The highest BCUT2D eigenvalue weighted by molar-refractivity contribution is 5.22. The highest BCUT2D eigenvalue weighted by Crippen LogP contribution is 2.34. The number of halogens is 6. The van der Waals surface area contributed by atoms with Crippen LogP contribution in [0.15, 0.2) is 24.3 Å². The molecule has 0 unspecified atom stereocenters. The Bertz CT molecular complexity index is 570. The van der Waals surface area contributed by atoms with Gasteiger partial charge in [0.1, 0.15) is 0 Å². The highest BCUT2D eigenvalue weighted by atomic mass is 19.4. The molecule has 1 aromatic carbocycles. The molecule has 1 aromatic rings. The molecule has 2 heterocycles. The van der Waals surface area contributed by atoms with Crippen LogP contribution in [-0.4, -0.2) is 48.3 Å². The zero-order chi connectivity index (χ0) is 20.4. The van der Waals surface area contributed by atoms with E-state index in [0.717, 1.165) is 11.1 Å². The van der Waals surface area contributed by atoms with Crippen molar-refractivity contribution in [2.75, 3.05) is 26.2 Å². The smallest absolute Gasteiger partial charge is 0.298 e. The van der Waals surface area contributed by atoms with Gasteiger partial charge in [-0.05, 0) is 49.9 Å². The third-order valence-electron chi connectivity index (χ3n) is 5.77. The highest BCUT2D eigenvalue weighted by Gasteiger charge is 2.42. The Morgan fingerprint density at radius 3 is 1.36 bits per heavy atom. The van der Waals surface area contributed by atoms with Crippen molar-refractivity contribution in [2.45, 2.75) is 51.1 Å². The molecule has 0 aliphatic carbocycles. The van der Waals surface area contributed by atoms with E-state index in [1.165, 1.54) is 0 Å². The monoisotopic (exact) mass is 408 g/mol. The van der Waals surface area contributed by atoms with Gasteiger partial charge in [0.05, 0.1) is 11.8 Å². The summed E-state index contributed by atoms with van der Waals surface area (Å²) in [6.45, 7) is 2.29. The van der Waals surface area contributed by atoms with E-state index in [2.05, 4.69) is 0 Å². The number of benzene rings is 1. The van der Waals surface area contributed by atoms with Crippen molar-refractivity contribution in [3.8, 4) is 0 Å². The third kappa shape index (κ3) is 5.86. The minimum atomic E-state index is -4.15. The van der Waals surface area contributed by atoms with Crippen LogP contribution in [-0.2, 0) is 13.1 Å². The van der Waals surface area contributed by atoms with Gasteiger partial charge >= 0.3 is 12.4 Å². The fraction of sp³-hybridized carbons (Fsp3) is 0.700. The first kappa shape index (κ1) is 21.4. The Balaban J connectivity index is 1.52. The van der Waals surface area contributed by atoms with E-state index < -0.39 is 24.2 Å². The molecule has 2 atom stereocenters. The van der Waals surface area contributed by atoms with Gasteiger partial charge in [0, 0.05) is 26.2 Å². The molecular formula is C20H26F6N2. The quantitative estimate of drug-likeness (QED) is 0.629. The number of piperidine rings is 2. The predicted octanol–water partition coefficient (Wildman–Crippen LogP) is 5.24. The zero-order valence-electron chi connectivity index (χ0n) is 15.7. The van der Waals surface area contributed by atoms with Crippen molar-refractivity contribution in [3.05, 3.63) is 35.4 Å². The van der Waals surface area contributed by atoms with E-state index in [1.54, 1.807) is 0 Å². The van der Waals surface area contributed by atoms with Gasteiger partial charge in [0.15, 0.2) is 0 Å². The van der Waals surface area contributed by atoms with Crippen molar-refractivity contribution in [1.82, 2.24) is 9.80 Å². The topological polar surface area (TPSA) is 6.48 Å². The molecule has 0 aromatic heterocycles. The Labute approximate surface area is 161 Å². The minimum absolute atomic E-state index is 0.0257. The van der Waals surface area contributed by atoms with Gasteiger partial charge in [-0.25, -0.2) is 0 Å². The maximum Gasteiger partial charge on any atom is 0.393 e. The molecular weight excluding hydrogens is 382 g/mol. The summed E-state index contributed by atoms with van der Waals surface area (Å²) in [5.74, 6) is -2.53. The summed E-state index contributed by atoms with van der Waals surface area (Å²) in [5.41, 5.74) is 1.86. The second-order valence-electron chi connectivity index (χ2n) is 8.05. The first-order valence-electron chi connectivity index (χ1n) is 9.77. The van der Waals surface area contributed by atoms with Gasteiger partial charge in [-0.2, -0.15) is 26.3 Å². The van der Waals surface area contributed by atoms with E-state index in [0.29, 0.717) is 39.0 Å². The largest absolute Gasteiger partial charge is 0.393 e. The molecule has 2 aliphatic rings. The van der Waals surface area contributed by atoms with E-state index in [4.69, 9.17) is 0 Å². The zero-order valence-corrected chi connectivity index (χ0v) is 15.7. The molecule has 0 N–H and O–H groups in total. The van der Waals surface area contributed by atoms with Gasteiger partial charge in [-0.15, -0.1) is 0 Å². The summed E-state index contributed by atoms with van der Waals surface area (Å²) in [4.78, 5) is 3.66. The Hall–Kier alpha value is -1.28. The number of likely N-dealkylation sites (tertiary alicyclic amines) is 2. The predicted molar refractivity (Wildman–Crippen MR) is 94.6 cm³/mol. The molecule has 0 saturated carbocycles.